The van der Waals surface area contributed by atoms with Gasteiger partial charge in [0.15, 0.2) is 0 Å². The zero-order valence-corrected chi connectivity index (χ0v) is 13.2. The van der Waals surface area contributed by atoms with E-state index in [2.05, 4.69) is 21.9 Å². The van der Waals surface area contributed by atoms with Crippen molar-refractivity contribution in [3.63, 3.8) is 0 Å². The number of thiophene rings is 1. The Balaban J connectivity index is 1.44. The lowest BCUT2D eigenvalue weighted by atomic mass is 9.93. The van der Waals surface area contributed by atoms with Gasteiger partial charge in [-0.05, 0) is 36.8 Å². The van der Waals surface area contributed by atoms with E-state index in [9.17, 15) is 4.79 Å². The third-order valence-corrected chi connectivity index (χ3v) is 5.38. The van der Waals surface area contributed by atoms with Gasteiger partial charge in [-0.25, -0.2) is 0 Å². The van der Waals surface area contributed by atoms with Crippen molar-refractivity contribution in [1.82, 2.24) is 10.5 Å². The van der Waals surface area contributed by atoms with Crippen LogP contribution >= 0.6 is 11.3 Å². The highest BCUT2D eigenvalue weighted by Gasteiger charge is 2.35. The number of ether oxygens (including phenoxy) is 1. The van der Waals surface area contributed by atoms with Crippen LogP contribution in [0.5, 0.6) is 0 Å². The van der Waals surface area contributed by atoms with E-state index in [4.69, 9.17) is 9.26 Å². The Morgan fingerprint density at radius 3 is 3.23 bits per heavy atom. The van der Waals surface area contributed by atoms with Crippen molar-refractivity contribution in [3.8, 4) is 0 Å². The average molecular weight is 318 g/mol. The number of rotatable bonds is 4. The van der Waals surface area contributed by atoms with Gasteiger partial charge in [-0.2, -0.15) is 0 Å². The zero-order chi connectivity index (χ0) is 15.2. The molecule has 22 heavy (non-hydrogen) atoms. The Bertz CT molecular complexity index is 704. The van der Waals surface area contributed by atoms with Crippen LogP contribution in [-0.4, -0.2) is 24.2 Å². The SMILES string of the molecule is CC1(CNC(=O)c2cc(C3CC3)no2)OCCc2sccc21. The molecule has 1 amide bonds. The highest BCUT2D eigenvalue weighted by atomic mass is 32.1. The maximum absolute atomic E-state index is 12.2. The first-order chi connectivity index (χ1) is 10.7. The predicted molar refractivity (Wildman–Crippen MR) is 82.1 cm³/mol. The zero-order valence-electron chi connectivity index (χ0n) is 12.4. The minimum atomic E-state index is -0.470. The summed E-state index contributed by atoms with van der Waals surface area (Å²) in [6, 6.07) is 3.85. The van der Waals surface area contributed by atoms with Crippen LogP contribution in [0.4, 0.5) is 0 Å². The Labute approximate surface area is 132 Å². The van der Waals surface area contributed by atoms with Gasteiger partial charge >= 0.3 is 0 Å². The van der Waals surface area contributed by atoms with Crippen LogP contribution in [0.15, 0.2) is 22.0 Å². The monoisotopic (exact) mass is 318 g/mol. The molecule has 1 N–H and O–H groups in total. The van der Waals surface area contributed by atoms with Gasteiger partial charge in [0, 0.05) is 23.3 Å². The van der Waals surface area contributed by atoms with E-state index < -0.39 is 5.60 Å². The minimum Gasteiger partial charge on any atom is -0.368 e. The summed E-state index contributed by atoms with van der Waals surface area (Å²) < 4.78 is 11.1. The number of hydrogen-bond acceptors (Lipinski definition) is 5. The lowest BCUT2D eigenvalue weighted by Crippen LogP contribution is -2.43. The fraction of sp³-hybridized carbons (Fsp3) is 0.500. The van der Waals surface area contributed by atoms with Gasteiger partial charge in [0.25, 0.3) is 5.91 Å². The molecule has 1 aliphatic carbocycles. The molecule has 2 aromatic heterocycles. The summed E-state index contributed by atoms with van der Waals surface area (Å²) in [6.45, 7) is 3.14. The molecule has 0 aromatic carbocycles. The number of carbonyl (C=O) groups excluding carboxylic acids is 1. The van der Waals surface area contributed by atoms with Gasteiger partial charge in [0.2, 0.25) is 5.76 Å². The van der Waals surface area contributed by atoms with Crippen molar-refractivity contribution in [1.29, 1.82) is 0 Å². The number of hydrogen-bond donors (Lipinski definition) is 1. The summed E-state index contributed by atoms with van der Waals surface area (Å²) in [5.41, 5.74) is 1.61. The van der Waals surface area contributed by atoms with Crippen LogP contribution in [0, 0.1) is 0 Å². The second-order valence-corrected chi connectivity index (χ2v) is 7.16. The van der Waals surface area contributed by atoms with Gasteiger partial charge in [-0.1, -0.05) is 5.16 Å². The average Bonchev–Trinajstić information content (AvgIpc) is 3.04. The van der Waals surface area contributed by atoms with Crippen LogP contribution < -0.4 is 5.32 Å². The van der Waals surface area contributed by atoms with Crippen molar-refractivity contribution >= 4 is 17.2 Å². The molecule has 5 nitrogen and oxygen atoms in total. The molecule has 116 valence electrons. The van der Waals surface area contributed by atoms with Gasteiger partial charge in [-0.3, -0.25) is 4.79 Å². The topological polar surface area (TPSA) is 64.4 Å². The normalized spacial score (nSPS) is 24.0. The Morgan fingerprint density at radius 1 is 1.55 bits per heavy atom. The molecule has 1 fully saturated rings. The van der Waals surface area contributed by atoms with Crippen molar-refractivity contribution in [2.75, 3.05) is 13.2 Å². The summed E-state index contributed by atoms with van der Waals surface area (Å²) in [5.74, 6) is 0.538. The van der Waals surface area contributed by atoms with Gasteiger partial charge in [0.1, 0.15) is 5.60 Å². The van der Waals surface area contributed by atoms with E-state index >= 15 is 0 Å². The number of nitrogens with one attached hydrogen (secondary N) is 1. The molecule has 0 radical (unpaired) electrons. The molecule has 0 bridgehead atoms. The number of amides is 1. The third-order valence-electron chi connectivity index (χ3n) is 4.40. The first-order valence-corrected chi connectivity index (χ1v) is 8.49. The van der Waals surface area contributed by atoms with Gasteiger partial charge in [0.05, 0.1) is 18.8 Å². The van der Waals surface area contributed by atoms with Crippen molar-refractivity contribution in [3.05, 3.63) is 39.4 Å². The maximum atomic E-state index is 12.2. The molecule has 1 unspecified atom stereocenters. The number of carbonyl (C=O) groups is 1. The third kappa shape index (κ3) is 2.46. The molecule has 2 aliphatic rings. The summed E-state index contributed by atoms with van der Waals surface area (Å²) in [6.07, 6.45) is 3.23. The molecule has 3 heterocycles. The van der Waals surface area contributed by atoms with Crippen molar-refractivity contribution in [2.24, 2.45) is 0 Å². The highest BCUT2D eigenvalue weighted by Crippen LogP contribution is 2.39. The minimum absolute atomic E-state index is 0.230. The van der Waals surface area contributed by atoms with E-state index in [1.54, 1.807) is 17.4 Å². The Morgan fingerprint density at radius 2 is 2.41 bits per heavy atom. The smallest absolute Gasteiger partial charge is 0.290 e. The van der Waals surface area contributed by atoms with Gasteiger partial charge < -0.3 is 14.6 Å². The Kier molecular flexibility index (Phi) is 3.31. The summed E-state index contributed by atoms with van der Waals surface area (Å²) in [7, 11) is 0. The molecule has 1 atom stereocenters. The molecule has 0 spiro atoms. The summed E-state index contributed by atoms with van der Waals surface area (Å²) >= 11 is 1.75. The molecule has 4 rings (SSSR count). The molecule has 2 aromatic rings. The van der Waals surface area contributed by atoms with Crippen LogP contribution in [0.25, 0.3) is 0 Å². The van der Waals surface area contributed by atoms with Crippen LogP contribution in [-0.2, 0) is 16.8 Å². The highest BCUT2D eigenvalue weighted by molar-refractivity contribution is 7.10. The quantitative estimate of drug-likeness (QED) is 0.941. The standard InChI is InChI=1S/C16H18N2O3S/c1-16(11-5-7-22-14(11)4-6-20-16)9-17-15(19)13-8-12(18-21-13)10-2-3-10/h5,7-8,10H,2-4,6,9H2,1H3,(H,17,19). The lowest BCUT2D eigenvalue weighted by Gasteiger charge is -2.34. The Hall–Kier alpha value is -1.66. The second-order valence-electron chi connectivity index (χ2n) is 6.16. The fourth-order valence-electron chi connectivity index (χ4n) is 2.90. The molecule has 1 aliphatic heterocycles. The van der Waals surface area contributed by atoms with E-state index in [1.165, 1.54) is 10.4 Å². The summed E-state index contributed by atoms with van der Waals surface area (Å²) in [4.78, 5) is 13.6. The van der Waals surface area contributed by atoms with Crippen molar-refractivity contribution < 1.29 is 14.1 Å². The van der Waals surface area contributed by atoms with Gasteiger partial charge in [-0.15, -0.1) is 11.3 Å². The summed E-state index contributed by atoms with van der Waals surface area (Å²) in [5, 5.41) is 8.97. The first-order valence-electron chi connectivity index (χ1n) is 7.61. The van der Waals surface area contributed by atoms with Crippen LogP contribution in [0.3, 0.4) is 0 Å². The van der Waals surface area contributed by atoms with Crippen LogP contribution in [0.1, 0.15) is 52.4 Å². The first kappa shape index (κ1) is 14.0. The second kappa shape index (κ2) is 5.21. The fourth-order valence-corrected chi connectivity index (χ4v) is 3.88. The number of fused-ring (bicyclic) bond motifs is 1. The molecule has 0 saturated heterocycles. The molecule has 1 saturated carbocycles. The lowest BCUT2D eigenvalue weighted by molar-refractivity contribution is -0.0427. The van der Waals surface area contributed by atoms with E-state index in [-0.39, 0.29) is 11.7 Å². The maximum Gasteiger partial charge on any atom is 0.290 e. The predicted octanol–water partition coefficient (Wildman–Crippen LogP) is 2.83. The molecular weight excluding hydrogens is 300 g/mol. The van der Waals surface area contributed by atoms with E-state index in [0.29, 0.717) is 19.1 Å². The van der Waals surface area contributed by atoms with E-state index in [0.717, 1.165) is 25.0 Å². The van der Waals surface area contributed by atoms with E-state index in [1.807, 2.05) is 6.92 Å². The van der Waals surface area contributed by atoms with Crippen LogP contribution in [0.2, 0.25) is 0 Å². The number of nitrogens with zero attached hydrogens (tertiary/aromatic N) is 1. The van der Waals surface area contributed by atoms with Crippen molar-refractivity contribution in [2.45, 2.75) is 37.7 Å². The molecule has 6 heteroatoms. The largest absolute Gasteiger partial charge is 0.368 e. The number of aromatic nitrogens is 1. The molecular formula is C16H18N2O3S.